The van der Waals surface area contributed by atoms with Crippen molar-refractivity contribution >= 4 is 41.5 Å². The number of likely N-dealkylation sites (N-methyl/N-ethyl adjacent to an activating group) is 1. The third kappa shape index (κ3) is 6.42. The summed E-state index contributed by atoms with van der Waals surface area (Å²) in [6.07, 6.45) is 0.964. The molecular formula is C13H21IN4O. The lowest BCUT2D eigenvalue weighted by atomic mass is 10.1. The van der Waals surface area contributed by atoms with Gasteiger partial charge in [-0.15, -0.1) is 24.0 Å². The summed E-state index contributed by atoms with van der Waals surface area (Å²) in [5.74, 6) is 0.167. The van der Waals surface area contributed by atoms with E-state index < -0.39 is 0 Å². The summed E-state index contributed by atoms with van der Waals surface area (Å²) in [7, 11) is 3.37. The summed E-state index contributed by atoms with van der Waals surface area (Å²) < 4.78 is 0. The molecule has 0 heterocycles. The van der Waals surface area contributed by atoms with Crippen molar-refractivity contribution in [3.63, 3.8) is 0 Å². The number of aliphatic imine (C=N–C) groups is 1. The number of guanidine groups is 1. The van der Waals surface area contributed by atoms with E-state index in [1.807, 2.05) is 24.3 Å². The predicted octanol–water partition coefficient (Wildman–Crippen LogP) is 1.68. The minimum Gasteiger partial charge on any atom is -0.370 e. The standard InChI is InChI=1S/C13H20N4O.HI/c1-4-10-6-5-7-11(8-10)16-13(14)15-9-12(18)17(2)3;/h5-8H,4,9H2,1-3H3,(H3,14,15,16);1H. The number of carbonyl (C=O) groups excluding carboxylic acids is 1. The van der Waals surface area contributed by atoms with Gasteiger partial charge in [0.15, 0.2) is 5.96 Å². The van der Waals surface area contributed by atoms with E-state index in [9.17, 15) is 4.79 Å². The molecule has 0 fully saturated rings. The first-order valence-electron chi connectivity index (χ1n) is 5.89. The van der Waals surface area contributed by atoms with Gasteiger partial charge in [0, 0.05) is 19.8 Å². The molecule has 0 aliphatic carbocycles. The van der Waals surface area contributed by atoms with Gasteiger partial charge in [0.25, 0.3) is 0 Å². The van der Waals surface area contributed by atoms with Gasteiger partial charge in [-0.3, -0.25) is 4.79 Å². The number of hydrogen-bond acceptors (Lipinski definition) is 2. The monoisotopic (exact) mass is 376 g/mol. The topological polar surface area (TPSA) is 70.7 Å². The highest BCUT2D eigenvalue weighted by molar-refractivity contribution is 14.0. The van der Waals surface area contributed by atoms with Gasteiger partial charge < -0.3 is 16.0 Å². The molecule has 0 aliphatic heterocycles. The number of hydrogen-bond donors (Lipinski definition) is 2. The number of amides is 1. The molecule has 0 aliphatic rings. The third-order valence-electron chi connectivity index (χ3n) is 2.49. The average molecular weight is 376 g/mol. The number of rotatable bonds is 4. The van der Waals surface area contributed by atoms with Crippen LogP contribution in [-0.2, 0) is 11.2 Å². The highest BCUT2D eigenvalue weighted by Crippen LogP contribution is 2.10. The summed E-state index contributed by atoms with van der Waals surface area (Å²) in [5.41, 5.74) is 7.82. The number of halogens is 1. The summed E-state index contributed by atoms with van der Waals surface area (Å²) in [6.45, 7) is 2.14. The first-order chi connectivity index (χ1) is 8.52. The van der Waals surface area contributed by atoms with Gasteiger partial charge in [-0.2, -0.15) is 0 Å². The highest BCUT2D eigenvalue weighted by atomic mass is 127. The Morgan fingerprint density at radius 1 is 1.42 bits per heavy atom. The van der Waals surface area contributed by atoms with E-state index in [-0.39, 0.29) is 42.4 Å². The maximum absolute atomic E-state index is 11.3. The molecule has 0 aromatic heterocycles. The number of nitrogens with zero attached hydrogens (tertiary/aromatic N) is 2. The second-order valence-corrected chi connectivity index (χ2v) is 4.17. The molecule has 6 heteroatoms. The molecule has 0 atom stereocenters. The van der Waals surface area contributed by atoms with Crippen molar-refractivity contribution < 1.29 is 4.79 Å². The molecule has 0 saturated heterocycles. The fourth-order valence-electron chi connectivity index (χ4n) is 1.35. The zero-order valence-electron chi connectivity index (χ0n) is 11.5. The van der Waals surface area contributed by atoms with Gasteiger partial charge in [-0.1, -0.05) is 19.1 Å². The fourth-order valence-corrected chi connectivity index (χ4v) is 1.35. The van der Waals surface area contributed by atoms with E-state index in [0.29, 0.717) is 0 Å². The Bertz CT molecular complexity index is 446. The van der Waals surface area contributed by atoms with Gasteiger partial charge in [-0.25, -0.2) is 4.99 Å². The minimum absolute atomic E-state index is 0. The lowest BCUT2D eigenvalue weighted by Crippen LogP contribution is -2.28. The van der Waals surface area contributed by atoms with Crippen molar-refractivity contribution in [3.05, 3.63) is 29.8 Å². The molecule has 5 nitrogen and oxygen atoms in total. The van der Waals surface area contributed by atoms with E-state index in [1.165, 1.54) is 10.5 Å². The first-order valence-corrected chi connectivity index (χ1v) is 5.89. The summed E-state index contributed by atoms with van der Waals surface area (Å²) >= 11 is 0. The van der Waals surface area contributed by atoms with Crippen LogP contribution in [0.5, 0.6) is 0 Å². The maximum Gasteiger partial charge on any atom is 0.243 e. The smallest absolute Gasteiger partial charge is 0.243 e. The molecule has 0 spiro atoms. The molecule has 106 valence electrons. The van der Waals surface area contributed by atoms with E-state index in [4.69, 9.17) is 5.73 Å². The molecule has 0 unspecified atom stereocenters. The van der Waals surface area contributed by atoms with Crippen LogP contribution < -0.4 is 11.1 Å². The Hall–Kier alpha value is -1.31. The summed E-state index contributed by atoms with van der Waals surface area (Å²) in [4.78, 5) is 16.8. The number of nitrogens with one attached hydrogen (secondary N) is 1. The Balaban J connectivity index is 0.00000324. The van der Waals surface area contributed by atoms with Crippen molar-refractivity contribution in [2.24, 2.45) is 10.7 Å². The number of carbonyl (C=O) groups is 1. The van der Waals surface area contributed by atoms with Gasteiger partial charge >= 0.3 is 0 Å². The molecule has 0 saturated carbocycles. The number of anilines is 1. The van der Waals surface area contributed by atoms with E-state index >= 15 is 0 Å². The Morgan fingerprint density at radius 2 is 2.11 bits per heavy atom. The Kier molecular flexibility index (Phi) is 8.13. The van der Waals surface area contributed by atoms with Crippen LogP contribution in [0.1, 0.15) is 12.5 Å². The molecular weight excluding hydrogens is 355 g/mol. The number of benzene rings is 1. The highest BCUT2D eigenvalue weighted by Gasteiger charge is 2.02. The largest absolute Gasteiger partial charge is 0.370 e. The van der Waals surface area contributed by atoms with Gasteiger partial charge in [0.1, 0.15) is 6.54 Å². The second kappa shape index (κ2) is 8.73. The molecule has 1 aromatic rings. The lowest BCUT2D eigenvalue weighted by Gasteiger charge is -2.09. The number of nitrogens with two attached hydrogens (primary N) is 1. The quantitative estimate of drug-likeness (QED) is 0.477. The molecule has 1 rings (SSSR count). The molecule has 1 aromatic carbocycles. The van der Waals surface area contributed by atoms with Crippen molar-refractivity contribution in [2.75, 3.05) is 26.0 Å². The van der Waals surface area contributed by atoms with Crippen LogP contribution in [0, 0.1) is 0 Å². The van der Waals surface area contributed by atoms with E-state index in [0.717, 1.165) is 12.1 Å². The van der Waals surface area contributed by atoms with Crippen LogP contribution in [0.4, 0.5) is 5.69 Å². The van der Waals surface area contributed by atoms with Crippen LogP contribution in [0.3, 0.4) is 0 Å². The summed E-state index contributed by atoms with van der Waals surface area (Å²) in [6, 6.07) is 7.93. The average Bonchev–Trinajstić information content (AvgIpc) is 2.36. The van der Waals surface area contributed by atoms with Crippen LogP contribution in [0.15, 0.2) is 29.3 Å². The third-order valence-corrected chi connectivity index (χ3v) is 2.49. The minimum atomic E-state index is -0.0814. The Morgan fingerprint density at radius 3 is 2.68 bits per heavy atom. The molecule has 19 heavy (non-hydrogen) atoms. The van der Waals surface area contributed by atoms with Crippen LogP contribution >= 0.6 is 24.0 Å². The van der Waals surface area contributed by atoms with Crippen LogP contribution in [0.25, 0.3) is 0 Å². The van der Waals surface area contributed by atoms with E-state index in [1.54, 1.807) is 14.1 Å². The zero-order valence-corrected chi connectivity index (χ0v) is 13.8. The van der Waals surface area contributed by atoms with Crippen LogP contribution in [-0.4, -0.2) is 37.4 Å². The van der Waals surface area contributed by atoms with Crippen LogP contribution in [0.2, 0.25) is 0 Å². The summed E-state index contributed by atoms with van der Waals surface area (Å²) in [5, 5.41) is 2.97. The number of aryl methyl sites for hydroxylation is 1. The van der Waals surface area contributed by atoms with Crippen molar-refractivity contribution in [1.29, 1.82) is 0 Å². The van der Waals surface area contributed by atoms with Crippen molar-refractivity contribution in [3.8, 4) is 0 Å². The SMILES string of the molecule is CCc1cccc(NC(N)=NCC(=O)N(C)C)c1.I. The normalized spacial score (nSPS) is 10.6. The molecule has 0 radical (unpaired) electrons. The van der Waals surface area contributed by atoms with Crippen molar-refractivity contribution in [1.82, 2.24) is 4.90 Å². The first kappa shape index (κ1) is 17.7. The fraction of sp³-hybridized carbons (Fsp3) is 0.385. The van der Waals surface area contributed by atoms with Gasteiger partial charge in [0.2, 0.25) is 5.91 Å². The maximum atomic E-state index is 11.3. The molecule has 3 N–H and O–H groups in total. The van der Waals surface area contributed by atoms with Gasteiger partial charge in [-0.05, 0) is 24.1 Å². The molecule has 0 bridgehead atoms. The van der Waals surface area contributed by atoms with Crippen molar-refractivity contribution in [2.45, 2.75) is 13.3 Å². The van der Waals surface area contributed by atoms with Gasteiger partial charge in [0.05, 0.1) is 0 Å². The molecule has 1 amide bonds. The Labute approximate surface area is 131 Å². The zero-order chi connectivity index (χ0) is 13.5. The predicted molar refractivity (Wildman–Crippen MR) is 90.0 cm³/mol. The van der Waals surface area contributed by atoms with E-state index in [2.05, 4.69) is 17.2 Å². The second-order valence-electron chi connectivity index (χ2n) is 4.17. The lowest BCUT2D eigenvalue weighted by molar-refractivity contribution is -0.127.